The van der Waals surface area contributed by atoms with Crippen molar-refractivity contribution in [3.8, 4) is 22.2 Å². The quantitative estimate of drug-likeness (QED) is 0.403. The van der Waals surface area contributed by atoms with Gasteiger partial charge in [0.05, 0.1) is 5.69 Å². The number of nitrogens with zero attached hydrogens (tertiary/aromatic N) is 3. The van der Waals surface area contributed by atoms with E-state index in [0.29, 0.717) is 16.4 Å². The molecule has 9 heteroatoms. The number of para-hydroxylation sites is 1. The molecule has 0 unspecified atom stereocenters. The topological polar surface area (TPSA) is 76.3 Å². The minimum atomic E-state index is -3.78. The van der Waals surface area contributed by atoms with Crippen molar-refractivity contribution in [2.24, 2.45) is 0 Å². The first-order chi connectivity index (χ1) is 13.5. The molecule has 0 saturated heterocycles. The first-order valence-electron chi connectivity index (χ1n) is 8.18. The molecule has 0 bridgehead atoms. The highest BCUT2D eigenvalue weighted by molar-refractivity contribution is 9.10. The van der Waals surface area contributed by atoms with Gasteiger partial charge in [-0.25, -0.2) is 8.42 Å². The van der Waals surface area contributed by atoms with Crippen LogP contribution in [-0.4, -0.2) is 25.6 Å². The predicted octanol–water partition coefficient (Wildman–Crippen LogP) is 5.05. The average molecular weight is 476 g/mol. The Morgan fingerprint density at radius 1 is 1.04 bits per heavy atom. The van der Waals surface area contributed by atoms with Gasteiger partial charge >= 0.3 is 0 Å². The minimum Gasteiger partial charge on any atom is -0.333 e. The van der Waals surface area contributed by atoms with E-state index >= 15 is 0 Å². The molecule has 4 aromatic rings. The lowest BCUT2D eigenvalue weighted by Crippen LogP contribution is -2.26. The summed E-state index contributed by atoms with van der Waals surface area (Å²) in [5.41, 5.74) is 1.35. The minimum absolute atomic E-state index is 0.134. The Kier molecular flexibility index (Phi) is 5.05. The smallest absolute Gasteiger partial charge is 0.269 e. The molecule has 0 radical (unpaired) electrons. The number of hydrogen-bond donors (Lipinski definition) is 0. The van der Waals surface area contributed by atoms with Crippen LogP contribution < -0.4 is 4.31 Å². The third-order valence-corrected chi connectivity index (χ3v) is 7.50. The van der Waals surface area contributed by atoms with Crippen molar-refractivity contribution < 1.29 is 12.9 Å². The molecule has 2 aromatic carbocycles. The molecular weight excluding hydrogens is 462 g/mol. The summed E-state index contributed by atoms with van der Waals surface area (Å²) < 4.78 is 33.8. The maximum atomic E-state index is 13.1. The maximum Gasteiger partial charge on any atom is 0.269 e. The van der Waals surface area contributed by atoms with Crippen LogP contribution in [0.15, 0.2) is 79.9 Å². The summed E-state index contributed by atoms with van der Waals surface area (Å²) in [6, 6.07) is 17.9. The van der Waals surface area contributed by atoms with Crippen molar-refractivity contribution in [3.63, 3.8) is 0 Å². The molecule has 0 atom stereocenters. The van der Waals surface area contributed by atoms with E-state index in [2.05, 4.69) is 26.1 Å². The zero-order valence-corrected chi connectivity index (χ0v) is 17.8. The van der Waals surface area contributed by atoms with E-state index in [1.807, 2.05) is 30.3 Å². The Morgan fingerprint density at radius 3 is 2.46 bits per heavy atom. The van der Waals surface area contributed by atoms with Crippen molar-refractivity contribution >= 4 is 43.0 Å². The largest absolute Gasteiger partial charge is 0.333 e. The Morgan fingerprint density at radius 2 is 1.75 bits per heavy atom. The van der Waals surface area contributed by atoms with E-state index in [4.69, 9.17) is 4.52 Å². The second kappa shape index (κ2) is 7.50. The molecular formula is C19H14BrN3O3S2. The summed E-state index contributed by atoms with van der Waals surface area (Å²) in [5, 5.41) is 5.69. The van der Waals surface area contributed by atoms with E-state index in [0.717, 1.165) is 10.0 Å². The fourth-order valence-electron chi connectivity index (χ4n) is 2.61. The van der Waals surface area contributed by atoms with Crippen LogP contribution in [0, 0.1) is 0 Å². The number of benzene rings is 2. The van der Waals surface area contributed by atoms with Crippen molar-refractivity contribution in [3.05, 3.63) is 70.5 Å². The number of halogens is 1. The van der Waals surface area contributed by atoms with Gasteiger partial charge in [-0.2, -0.15) is 4.98 Å². The van der Waals surface area contributed by atoms with Gasteiger partial charge in [0.2, 0.25) is 5.82 Å². The highest BCUT2D eigenvalue weighted by Crippen LogP contribution is 2.35. The lowest BCUT2D eigenvalue weighted by atomic mass is 10.2. The summed E-state index contributed by atoms with van der Waals surface area (Å²) in [4.78, 5) is 4.94. The van der Waals surface area contributed by atoms with Gasteiger partial charge in [0.25, 0.3) is 15.9 Å². The molecule has 0 fully saturated rings. The van der Waals surface area contributed by atoms with E-state index in [-0.39, 0.29) is 10.8 Å². The summed E-state index contributed by atoms with van der Waals surface area (Å²) >= 11 is 4.63. The molecule has 2 heterocycles. The Balaban J connectivity index is 1.71. The van der Waals surface area contributed by atoms with Gasteiger partial charge in [-0.1, -0.05) is 39.3 Å². The van der Waals surface area contributed by atoms with Crippen LogP contribution in [0.1, 0.15) is 0 Å². The van der Waals surface area contributed by atoms with Gasteiger partial charge in [-0.3, -0.25) is 4.31 Å². The molecule has 0 saturated carbocycles. The van der Waals surface area contributed by atoms with Crippen LogP contribution in [0.4, 0.5) is 5.69 Å². The zero-order chi connectivity index (χ0) is 19.7. The normalized spacial score (nSPS) is 11.5. The third-order valence-electron chi connectivity index (χ3n) is 4.11. The molecule has 142 valence electrons. The van der Waals surface area contributed by atoms with Gasteiger partial charge in [0.15, 0.2) is 0 Å². The van der Waals surface area contributed by atoms with Crippen LogP contribution in [0.2, 0.25) is 0 Å². The molecule has 0 spiro atoms. The maximum absolute atomic E-state index is 13.1. The highest BCUT2D eigenvalue weighted by Gasteiger charge is 2.28. The summed E-state index contributed by atoms with van der Waals surface area (Å²) in [6.07, 6.45) is 0. The lowest BCUT2D eigenvalue weighted by molar-refractivity contribution is 0.432. The highest BCUT2D eigenvalue weighted by atomic mass is 79.9. The summed E-state index contributed by atoms with van der Waals surface area (Å²) in [6.45, 7) is 0. The molecule has 6 nitrogen and oxygen atoms in total. The lowest BCUT2D eigenvalue weighted by Gasteiger charge is -2.19. The van der Waals surface area contributed by atoms with Gasteiger partial charge < -0.3 is 4.52 Å². The fraction of sp³-hybridized carbons (Fsp3) is 0.0526. The number of hydrogen-bond acceptors (Lipinski definition) is 6. The molecule has 0 aliphatic rings. The van der Waals surface area contributed by atoms with Crippen molar-refractivity contribution in [2.75, 3.05) is 11.4 Å². The average Bonchev–Trinajstić information content (AvgIpc) is 3.38. The number of aromatic nitrogens is 2. The van der Waals surface area contributed by atoms with Crippen molar-refractivity contribution in [1.29, 1.82) is 0 Å². The number of anilines is 1. The molecule has 0 aliphatic heterocycles. The van der Waals surface area contributed by atoms with Gasteiger partial charge in [0.1, 0.15) is 9.77 Å². The standard InChI is InChI=1S/C19H14BrN3O3S2/c1-23(15-5-3-2-4-6-15)28(24,25)16-11-12-27-17(16)19-21-18(22-26-19)13-7-9-14(20)10-8-13/h2-12H,1H3. The van der Waals surface area contributed by atoms with Gasteiger partial charge in [-0.05, 0) is 47.8 Å². The van der Waals surface area contributed by atoms with Crippen LogP contribution >= 0.6 is 27.3 Å². The third kappa shape index (κ3) is 3.48. The monoisotopic (exact) mass is 475 g/mol. The fourth-order valence-corrected chi connectivity index (χ4v) is 5.39. The van der Waals surface area contributed by atoms with Crippen molar-refractivity contribution in [1.82, 2.24) is 10.1 Å². The van der Waals surface area contributed by atoms with Crippen LogP contribution in [0.5, 0.6) is 0 Å². The molecule has 0 N–H and O–H groups in total. The molecule has 4 rings (SSSR count). The van der Waals surface area contributed by atoms with Gasteiger partial charge in [-0.15, -0.1) is 11.3 Å². The van der Waals surface area contributed by atoms with Crippen LogP contribution in [0.3, 0.4) is 0 Å². The second-order valence-electron chi connectivity index (χ2n) is 5.85. The summed E-state index contributed by atoms with van der Waals surface area (Å²) in [5.74, 6) is 0.573. The SMILES string of the molecule is CN(c1ccccc1)S(=O)(=O)c1ccsc1-c1nc(-c2ccc(Br)cc2)no1. The molecule has 28 heavy (non-hydrogen) atoms. The number of thiophene rings is 1. The Labute approximate surface area is 174 Å². The van der Waals surface area contributed by atoms with Gasteiger partial charge in [0, 0.05) is 17.1 Å². The Hall–Kier alpha value is -2.49. The van der Waals surface area contributed by atoms with E-state index in [1.165, 1.54) is 22.7 Å². The Bertz CT molecular complexity index is 1200. The van der Waals surface area contributed by atoms with Crippen LogP contribution in [0.25, 0.3) is 22.2 Å². The predicted molar refractivity (Wildman–Crippen MR) is 113 cm³/mol. The molecule has 2 aromatic heterocycles. The summed E-state index contributed by atoms with van der Waals surface area (Å²) in [7, 11) is -2.26. The molecule has 0 aliphatic carbocycles. The second-order valence-corrected chi connectivity index (χ2v) is 9.62. The van der Waals surface area contributed by atoms with E-state index in [9.17, 15) is 8.42 Å². The van der Waals surface area contributed by atoms with E-state index < -0.39 is 10.0 Å². The molecule has 0 amide bonds. The first-order valence-corrected chi connectivity index (χ1v) is 11.3. The van der Waals surface area contributed by atoms with Crippen LogP contribution in [-0.2, 0) is 10.0 Å². The van der Waals surface area contributed by atoms with Crippen molar-refractivity contribution in [2.45, 2.75) is 4.90 Å². The number of sulfonamides is 1. The zero-order valence-electron chi connectivity index (χ0n) is 14.6. The van der Waals surface area contributed by atoms with E-state index in [1.54, 1.807) is 35.7 Å². The first kappa shape index (κ1) is 18.9. The number of rotatable bonds is 5.